The molecule has 1 unspecified atom stereocenters. The van der Waals surface area contributed by atoms with Crippen LogP contribution in [0.15, 0.2) is 91.0 Å². The summed E-state index contributed by atoms with van der Waals surface area (Å²) < 4.78 is 24.0. The zero-order valence-corrected chi connectivity index (χ0v) is 26.3. The number of rotatable bonds is 13. The molecule has 248 valence electrons. The zero-order chi connectivity index (χ0) is 33.4. The number of nitrogens with zero attached hydrogens (tertiary/aromatic N) is 1. The number of benzene rings is 3. The predicted molar refractivity (Wildman–Crippen MR) is 172 cm³/mol. The second-order valence-corrected chi connectivity index (χ2v) is 11.2. The Morgan fingerprint density at radius 3 is 2.17 bits per heavy atom. The molecule has 3 aromatic carbocycles. The van der Waals surface area contributed by atoms with Crippen LogP contribution in [0.4, 0.5) is 4.79 Å². The molecule has 0 bridgehead atoms. The fourth-order valence-corrected chi connectivity index (χ4v) is 5.84. The summed E-state index contributed by atoms with van der Waals surface area (Å²) in [7, 11) is 3.21. The van der Waals surface area contributed by atoms with Gasteiger partial charge in [0.25, 0.3) is 0 Å². The lowest BCUT2D eigenvalue weighted by Crippen LogP contribution is -2.57. The molecule has 0 aliphatic carbocycles. The van der Waals surface area contributed by atoms with Gasteiger partial charge in [-0.2, -0.15) is 0 Å². The molecule has 4 amide bonds. The summed E-state index contributed by atoms with van der Waals surface area (Å²) in [6, 6.07) is 24.3. The maximum atomic E-state index is 12.9. The number of hydrogen-bond acceptors (Lipinski definition) is 9. The molecule has 3 aromatic rings. The highest BCUT2D eigenvalue weighted by atomic mass is 16.6. The van der Waals surface area contributed by atoms with Crippen molar-refractivity contribution in [2.45, 2.75) is 30.5 Å². The molecule has 5 rings (SSSR count). The number of methoxy groups -OCH3 is 2. The summed E-state index contributed by atoms with van der Waals surface area (Å²) in [5, 5.41) is 16.1. The first kappa shape index (κ1) is 33.6. The van der Waals surface area contributed by atoms with E-state index < -0.39 is 47.8 Å². The van der Waals surface area contributed by atoms with Crippen LogP contribution in [-0.2, 0) is 24.7 Å². The molecule has 47 heavy (non-hydrogen) atoms. The molecule has 5 N–H and O–H groups in total. The van der Waals surface area contributed by atoms with Crippen LogP contribution in [0.2, 0.25) is 0 Å². The van der Waals surface area contributed by atoms with Gasteiger partial charge in [0.05, 0.1) is 32.8 Å². The second-order valence-electron chi connectivity index (χ2n) is 11.2. The number of nitrogens with two attached hydrogens (primary N) is 1. The summed E-state index contributed by atoms with van der Waals surface area (Å²) in [5.41, 5.74) is 6.77. The van der Waals surface area contributed by atoms with Crippen molar-refractivity contribution in [2.75, 3.05) is 40.5 Å². The Morgan fingerprint density at radius 1 is 1.00 bits per heavy atom. The first-order valence-electron chi connectivity index (χ1n) is 15.4. The maximum absolute atomic E-state index is 12.9. The Hall–Kier alpha value is -4.75. The van der Waals surface area contributed by atoms with Crippen molar-refractivity contribution in [1.82, 2.24) is 15.5 Å². The molecule has 12 heteroatoms. The molecule has 2 fully saturated rings. The van der Waals surface area contributed by atoms with Crippen LogP contribution >= 0.6 is 0 Å². The highest BCUT2D eigenvalue weighted by Crippen LogP contribution is 2.42. The number of hydrogen-bond donors (Lipinski definition) is 4. The molecule has 0 spiro atoms. The first-order chi connectivity index (χ1) is 22.8. The molecular formula is C35H40N4O8. The first-order valence-corrected chi connectivity index (χ1v) is 15.4. The molecule has 2 aliphatic rings. The number of ether oxygens (including phenoxy) is 4. The smallest absolute Gasteiger partial charge is 0.326 e. The molecule has 12 nitrogen and oxygen atoms in total. The monoisotopic (exact) mass is 644 g/mol. The van der Waals surface area contributed by atoms with Crippen molar-refractivity contribution in [3.05, 3.63) is 108 Å². The normalized spacial score (nSPS) is 21.5. The summed E-state index contributed by atoms with van der Waals surface area (Å²) in [6.45, 7) is 0.515. The van der Waals surface area contributed by atoms with E-state index in [1.54, 1.807) is 14.2 Å². The maximum Gasteiger partial charge on any atom is 0.326 e. The average Bonchev–Trinajstić information content (AvgIpc) is 3.47. The van der Waals surface area contributed by atoms with E-state index in [9.17, 15) is 19.5 Å². The largest absolute Gasteiger partial charge is 0.497 e. The quantitative estimate of drug-likeness (QED) is 0.162. The van der Waals surface area contributed by atoms with E-state index in [1.807, 2.05) is 78.9 Å². The molecule has 0 aromatic heterocycles. The van der Waals surface area contributed by atoms with Gasteiger partial charge >= 0.3 is 6.03 Å². The number of carbonyl (C=O) groups excluding carboxylic acids is 3. The number of nitrogens with one attached hydrogen (secondary N) is 2. The molecule has 2 saturated heterocycles. The van der Waals surface area contributed by atoms with Crippen LogP contribution in [0, 0.1) is 5.92 Å². The van der Waals surface area contributed by atoms with Crippen molar-refractivity contribution in [3.8, 4) is 11.5 Å². The van der Waals surface area contributed by atoms with Gasteiger partial charge in [0.2, 0.25) is 11.8 Å². The van der Waals surface area contributed by atoms with Crippen LogP contribution in [0.1, 0.15) is 23.1 Å². The van der Waals surface area contributed by atoms with Gasteiger partial charge in [0.1, 0.15) is 29.4 Å². The standard InChI is InChI=1S/C35H40N4O8/c1-44-27-13-9-25(10-14-27)35(24-6-4-3-5-7-24,26-11-15-28(45-2)16-12-26)46-22-30-29(40)20-32(47-30)39-21-23(33(42)38-34(39)43)8-17-31(41)37-19-18-36/h3-17,23,29-30,32,40H,18-22,36H2,1-2H3,(H,37,41)(H,38,42,43)/b17-8+/t23?,29-,30+,32+/m0/s1. The van der Waals surface area contributed by atoms with Gasteiger partial charge in [-0.3, -0.25) is 19.8 Å². The minimum Gasteiger partial charge on any atom is -0.497 e. The lowest BCUT2D eigenvalue weighted by Gasteiger charge is -2.37. The lowest BCUT2D eigenvalue weighted by atomic mass is 9.80. The van der Waals surface area contributed by atoms with E-state index in [-0.39, 0.29) is 26.1 Å². The summed E-state index contributed by atoms with van der Waals surface area (Å²) in [4.78, 5) is 38.8. The summed E-state index contributed by atoms with van der Waals surface area (Å²) >= 11 is 0. The van der Waals surface area contributed by atoms with E-state index in [0.29, 0.717) is 18.0 Å². The second kappa shape index (κ2) is 15.2. The fraction of sp³-hybridized carbons (Fsp3) is 0.343. The summed E-state index contributed by atoms with van der Waals surface area (Å²) in [5.74, 6) is -0.342. The molecule has 0 saturated carbocycles. The van der Waals surface area contributed by atoms with E-state index in [2.05, 4.69) is 10.6 Å². The number of aliphatic hydroxyl groups excluding tert-OH is 1. The number of aliphatic hydroxyl groups is 1. The Balaban J connectivity index is 1.40. The Kier molecular flexibility index (Phi) is 10.9. The zero-order valence-electron chi connectivity index (χ0n) is 26.3. The van der Waals surface area contributed by atoms with E-state index in [4.69, 9.17) is 24.7 Å². The van der Waals surface area contributed by atoms with E-state index in [0.717, 1.165) is 16.7 Å². The molecule has 2 heterocycles. The Labute approximate surface area is 273 Å². The molecule has 2 aliphatic heterocycles. The highest BCUT2D eigenvalue weighted by Gasteiger charge is 2.45. The predicted octanol–water partition coefficient (Wildman–Crippen LogP) is 2.29. The van der Waals surface area contributed by atoms with E-state index in [1.165, 1.54) is 17.1 Å². The van der Waals surface area contributed by atoms with Crippen molar-refractivity contribution in [3.63, 3.8) is 0 Å². The lowest BCUT2D eigenvalue weighted by molar-refractivity contribution is -0.129. The number of urea groups is 1. The molecule has 0 radical (unpaired) electrons. The van der Waals surface area contributed by atoms with Crippen LogP contribution in [-0.4, -0.2) is 86.7 Å². The van der Waals surface area contributed by atoms with Gasteiger partial charge in [-0.25, -0.2) is 4.79 Å². The Bertz CT molecular complexity index is 1500. The van der Waals surface area contributed by atoms with Gasteiger partial charge in [-0.05, 0) is 47.0 Å². The third kappa shape index (κ3) is 7.47. The minimum atomic E-state index is -1.13. The van der Waals surface area contributed by atoms with Gasteiger partial charge in [-0.15, -0.1) is 0 Å². The Morgan fingerprint density at radius 2 is 1.60 bits per heavy atom. The van der Waals surface area contributed by atoms with Crippen LogP contribution in [0.25, 0.3) is 0 Å². The van der Waals surface area contributed by atoms with Gasteiger partial charge in [-0.1, -0.05) is 60.7 Å². The van der Waals surface area contributed by atoms with Gasteiger partial charge < -0.3 is 35.1 Å². The third-order valence-corrected chi connectivity index (χ3v) is 8.33. The summed E-state index contributed by atoms with van der Waals surface area (Å²) in [6.07, 6.45) is 0.178. The van der Waals surface area contributed by atoms with Gasteiger partial charge in [0.15, 0.2) is 0 Å². The molecule has 4 atom stereocenters. The van der Waals surface area contributed by atoms with Crippen molar-refractivity contribution in [2.24, 2.45) is 11.7 Å². The molecular weight excluding hydrogens is 604 g/mol. The SMILES string of the molecule is COc1ccc(C(OC[C@H]2O[C@@H](N3CC(/C=C/C(=O)NCCN)C(=O)NC3=O)C[C@@H]2O)(c2ccccc2)c2ccc(OC)cc2)cc1. The van der Waals surface area contributed by atoms with Crippen molar-refractivity contribution in [1.29, 1.82) is 0 Å². The fourth-order valence-electron chi connectivity index (χ4n) is 5.84. The van der Waals surface area contributed by atoms with Crippen molar-refractivity contribution >= 4 is 17.8 Å². The van der Waals surface area contributed by atoms with Crippen molar-refractivity contribution < 1.29 is 38.4 Å². The van der Waals surface area contributed by atoms with E-state index >= 15 is 0 Å². The van der Waals surface area contributed by atoms with Crippen LogP contribution in [0.5, 0.6) is 11.5 Å². The topological polar surface area (TPSA) is 162 Å². The third-order valence-electron chi connectivity index (χ3n) is 8.33. The van der Waals surface area contributed by atoms with Crippen LogP contribution < -0.4 is 25.8 Å². The van der Waals surface area contributed by atoms with Gasteiger partial charge in [0, 0.05) is 26.1 Å². The highest BCUT2D eigenvalue weighted by molar-refractivity contribution is 5.99. The average molecular weight is 645 g/mol. The number of carbonyl (C=O) groups is 3. The minimum absolute atomic E-state index is 0.0258. The number of amides is 4. The van der Waals surface area contributed by atoms with Crippen LogP contribution in [0.3, 0.4) is 0 Å². The number of imide groups is 1.